The van der Waals surface area contributed by atoms with Gasteiger partial charge in [-0.25, -0.2) is 0 Å². The second-order valence-corrected chi connectivity index (χ2v) is 5.05. The molecule has 0 fully saturated rings. The largest absolute Gasteiger partial charge is 0.385 e. The van der Waals surface area contributed by atoms with Crippen LogP contribution in [0, 0.1) is 0 Å². The van der Waals surface area contributed by atoms with Crippen LogP contribution >= 0.6 is 11.3 Å². The van der Waals surface area contributed by atoms with Crippen molar-refractivity contribution in [2.45, 2.75) is 13.3 Å². The van der Waals surface area contributed by atoms with Crippen molar-refractivity contribution in [1.29, 1.82) is 0 Å². The lowest BCUT2D eigenvalue weighted by atomic mass is 10.3. The molecule has 8 heteroatoms. The van der Waals surface area contributed by atoms with Gasteiger partial charge in [-0.05, 0) is 13.3 Å². The first kappa shape index (κ1) is 16.8. The number of hydrogen-bond donors (Lipinski definition) is 1. The van der Waals surface area contributed by atoms with Crippen molar-refractivity contribution in [3.8, 4) is 0 Å². The van der Waals surface area contributed by atoms with Crippen LogP contribution in [0.15, 0.2) is 0 Å². The molecule has 20 heavy (non-hydrogen) atoms. The van der Waals surface area contributed by atoms with Gasteiger partial charge in [0.2, 0.25) is 10.1 Å². The first-order chi connectivity index (χ1) is 9.72. The van der Waals surface area contributed by atoms with Crippen LogP contribution in [-0.2, 0) is 9.47 Å². The van der Waals surface area contributed by atoms with Gasteiger partial charge in [0.25, 0.3) is 5.91 Å². The van der Waals surface area contributed by atoms with Crippen molar-refractivity contribution in [2.75, 3.05) is 52.4 Å². The van der Waals surface area contributed by atoms with E-state index in [2.05, 4.69) is 15.5 Å². The summed E-state index contributed by atoms with van der Waals surface area (Å²) in [6, 6.07) is 0. The fourth-order valence-electron chi connectivity index (χ4n) is 1.58. The second kappa shape index (κ2) is 9.62. The van der Waals surface area contributed by atoms with E-state index in [1.807, 2.05) is 6.92 Å². The normalized spacial score (nSPS) is 10.6. The van der Waals surface area contributed by atoms with Gasteiger partial charge in [-0.1, -0.05) is 11.3 Å². The Morgan fingerprint density at radius 2 is 2.00 bits per heavy atom. The van der Waals surface area contributed by atoms with Gasteiger partial charge in [0.1, 0.15) is 0 Å². The molecule has 1 heterocycles. The molecule has 0 bridgehead atoms. The van der Waals surface area contributed by atoms with Gasteiger partial charge < -0.3 is 19.7 Å². The molecule has 0 atom stereocenters. The molecule has 0 radical (unpaired) electrons. The van der Waals surface area contributed by atoms with Gasteiger partial charge in [0.15, 0.2) is 0 Å². The Hall–Kier alpha value is -1.25. The zero-order valence-corrected chi connectivity index (χ0v) is 13.0. The Labute approximate surface area is 123 Å². The third kappa shape index (κ3) is 5.40. The topological polar surface area (TPSA) is 76.6 Å². The van der Waals surface area contributed by atoms with E-state index >= 15 is 0 Å². The van der Waals surface area contributed by atoms with Crippen molar-refractivity contribution in [3.05, 3.63) is 5.01 Å². The molecule has 0 aliphatic carbocycles. The van der Waals surface area contributed by atoms with Gasteiger partial charge >= 0.3 is 0 Å². The van der Waals surface area contributed by atoms with Crippen molar-refractivity contribution in [2.24, 2.45) is 0 Å². The number of methoxy groups -OCH3 is 2. The monoisotopic (exact) mass is 302 g/mol. The van der Waals surface area contributed by atoms with Crippen LogP contribution in [0.5, 0.6) is 0 Å². The van der Waals surface area contributed by atoms with Crippen LogP contribution in [0.1, 0.15) is 23.1 Å². The number of hydrogen-bond acceptors (Lipinski definition) is 7. The number of carbonyl (C=O) groups excluding carboxylic acids is 1. The van der Waals surface area contributed by atoms with E-state index in [9.17, 15) is 4.79 Å². The van der Waals surface area contributed by atoms with Gasteiger partial charge in [-0.3, -0.25) is 4.79 Å². The molecule has 0 aliphatic heterocycles. The fraction of sp³-hybridized carbons (Fsp3) is 0.750. The maximum Gasteiger partial charge on any atom is 0.284 e. The summed E-state index contributed by atoms with van der Waals surface area (Å²) in [7, 11) is 3.26. The molecule has 1 rings (SSSR count). The lowest BCUT2D eigenvalue weighted by molar-refractivity contribution is 0.0673. The minimum atomic E-state index is -0.111. The van der Waals surface area contributed by atoms with Crippen molar-refractivity contribution in [1.82, 2.24) is 15.1 Å². The summed E-state index contributed by atoms with van der Waals surface area (Å²) in [4.78, 5) is 14.1. The number of nitrogens with one attached hydrogen (secondary N) is 1. The van der Waals surface area contributed by atoms with Crippen LogP contribution in [0.2, 0.25) is 0 Å². The number of carbonyl (C=O) groups is 1. The number of aromatic nitrogens is 2. The molecule has 7 nitrogen and oxygen atoms in total. The summed E-state index contributed by atoms with van der Waals surface area (Å²) in [5, 5.41) is 12.0. The summed E-state index contributed by atoms with van der Waals surface area (Å²) < 4.78 is 10.1. The molecule has 1 amide bonds. The minimum Gasteiger partial charge on any atom is -0.385 e. The van der Waals surface area contributed by atoms with Gasteiger partial charge in [0.05, 0.1) is 6.61 Å². The van der Waals surface area contributed by atoms with Crippen LogP contribution in [0.25, 0.3) is 0 Å². The van der Waals surface area contributed by atoms with E-state index < -0.39 is 0 Å². The number of rotatable bonds is 10. The Bertz CT molecular complexity index is 400. The standard InChI is InChI=1S/C12H22N4O3S/c1-4-13-12-15-14-10(20-12)11(17)16(7-9-19-3)6-5-8-18-2/h4-9H2,1-3H3,(H,13,15). The number of ether oxygens (including phenoxy) is 2. The number of amides is 1. The molecule has 0 saturated carbocycles. The average molecular weight is 302 g/mol. The van der Waals surface area contributed by atoms with E-state index in [1.54, 1.807) is 19.1 Å². The van der Waals surface area contributed by atoms with Crippen LogP contribution in [-0.4, -0.2) is 68.1 Å². The molecule has 0 aromatic carbocycles. The fourth-order valence-corrected chi connectivity index (χ4v) is 2.36. The van der Waals surface area contributed by atoms with Gasteiger partial charge in [-0.15, -0.1) is 10.2 Å². The van der Waals surface area contributed by atoms with Crippen molar-refractivity contribution < 1.29 is 14.3 Å². The molecule has 1 N–H and O–H groups in total. The maximum absolute atomic E-state index is 12.4. The molecule has 1 aromatic heterocycles. The molecule has 0 spiro atoms. The Morgan fingerprint density at radius 3 is 2.65 bits per heavy atom. The van der Waals surface area contributed by atoms with E-state index in [0.717, 1.165) is 13.0 Å². The first-order valence-electron chi connectivity index (χ1n) is 6.57. The molecule has 1 aromatic rings. The molecule has 0 aliphatic rings. The van der Waals surface area contributed by atoms with Gasteiger partial charge in [0, 0.05) is 40.5 Å². The third-order valence-electron chi connectivity index (χ3n) is 2.56. The predicted octanol–water partition coefficient (Wildman–Crippen LogP) is 1.09. The lowest BCUT2D eigenvalue weighted by Gasteiger charge is -2.20. The Morgan fingerprint density at radius 1 is 1.25 bits per heavy atom. The summed E-state index contributed by atoms with van der Waals surface area (Å²) >= 11 is 1.27. The molecule has 0 saturated heterocycles. The number of anilines is 1. The highest BCUT2D eigenvalue weighted by molar-refractivity contribution is 7.17. The molecule has 0 unspecified atom stereocenters. The molecular formula is C12H22N4O3S. The SMILES string of the molecule is CCNc1nnc(C(=O)N(CCCOC)CCOC)s1. The van der Waals surface area contributed by atoms with Crippen LogP contribution in [0.3, 0.4) is 0 Å². The zero-order chi connectivity index (χ0) is 14.8. The predicted molar refractivity (Wildman–Crippen MR) is 78.3 cm³/mol. The van der Waals surface area contributed by atoms with Gasteiger partial charge in [-0.2, -0.15) is 0 Å². The summed E-state index contributed by atoms with van der Waals surface area (Å²) in [5.41, 5.74) is 0. The minimum absolute atomic E-state index is 0.111. The Balaban J connectivity index is 2.63. The second-order valence-electron chi connectivity index (χ2n) is 4.07. The highest BCUT2D eigenvalue weighted by atomic mass is 32.1. The Kier molecular flexibility index (Phi) is 8.08. The van der Waals surface area contributed by atoms with E-state index in [1.165, 1.54) is 11.3 Å². The lowest BCUT2D eigenvalue weighted by Crippen LogP contribution is -2.35. The summed E-state index contributed by atoms with van der Waals surface area (Å²) in [6.45, 7) is 5.00. The summed E-state index contributed by atoms with van der Waals surface area (Å²) in [5.74, 6) is -0.111. The van der Waals surface area contributed by atoms with Crippen molar-refractivity contribution in [3.63, 3.8) is 0 Å². The smallest absolute Gasteiger partial charge is 0.284 e. The molecule has 114 valence electrons. The quantitative estimate of drug-likeness (QED) is 0.652. The van der Waals surface area contributed by atoms with E-state index in [0.29, 0.717) is 36.4 Å². The number of nitrogens with zero attached hydrogens (tertiary/aromatic N) is 3. The average Bonchev–Trinajstić information content (AvgIpc) is 2.91. The highest BCUT2D eigenvalue weighted by Gasteiger charge is 2.19. The van der Waals surface area contributed by atoms with E-state index in [4.69, 9.17) is 9.47 Å². The molecular weight excluding hydrogens is 280 g/mol. The zero-order valence-electron chi connectivity index (χ0n) is 12.2. The maximum atomic E-state index is 12.4. The summed E-state index contributed by atoms with van der Waals surface area (Å²) in [6.07, 6.45) is 0.783. The first-order valence-corrected chi connectivity index (χ1v) is 7.39. The third-order valence-corrected chi connectivity index (χ3v) is 3.43. The van der Waals surface area contributed by atoms with Crippen molar-refractivity contribution >= 4 is 22.4 Å². The highest BCUT2D eigenvalue weighted by Crippen LogP contribution is 2.16. The van der Waals surface area contributed by atoms with Crippen LogP contribution in [0.4, 0.5) is 5.13 Å². The van der Waals surface area contributed by atoms with E-state index in [-0.39, 0.29) is 5.91 Å². The van der Waals surface area contributed by atoms with Crippen LogP contribution < -0.4 is 5.32 Å².